The molecule has 1 aromatic heterocycles. The molecule has 19 heavy (non-hydrogen) atoms. The van der Waals surface area contributed by atoms with E-state index in [-0.39, 0.29) is 6.10 Å². The molecule has 0 aliphatic carbocycles. The highest BCUT2D eigenvalue weighted by Gasteiger charge is 2.11. The molecule has 0 spiro atoms. The first-order valence-electron chi connectivity index (χ1n) is 6.12. The number of rotatable bonds is 4. The molecule has 0 radical (unpaired) electrons. The normalized spacial score (nSPS) is 12.5. The fraction of sp³-hybridized carbons (Fsp3) is 0.267. The average molecular weight is 278 g/mol. The highest BCUT2D eigenvalue weighted by atomic mass is 35.5. The van der Waals surface area contributed by atoms with Crippen molar-refractivity contribution in [1.82, 2.24) is 4.98 Å². The molecule has 0 aliphatic rings. The highest BCUT2D eigenvalue weighted by molar-refractivity contribution is 6.29. The third kappa shape index (κ3) is 3.69. The molecule has 1 aromatic carbocycles. The standard InChI is InChI=1S/C15H16ClNO2/c1-10(2)19-13-6-3-11(4-7-13)15(18)12-5-8-14(16)17-9-12/h3-10,15,18H,1-2H3. The van der Waals surface area contributed by atoms with Gasteiger partial charge in [-0.25, -0.2) is 4.98 Å². The van der Waals surface area contributed by atoms with Gasteiger partial charge in [-0.2, -0.15) is 0 Å². The third-order valence-electron chi connectivity index (χ3n) is 2.63. The van der Waals surface area contributed by atoms with Crippen LogP contribution in [0, 0.1) is 0 Å². The lowest BCUT2D eigenvalue weighted by atomic mass is 10.0. The van der Waals surface area contributed by atoms with Crippen LogP contribution in [-0.4, -0.2) is 16.2 Å². The van der Waals surface area contributed by atoms with E-state index in [1.165, 1.54) is 0 Å². The predicted octanol–water partition coefficient (Wildman–Crippen LogP) is 3.60. The molecule has 1 heterocycles. The molecule has 0 saturated carbocycles. The van der Waals surface area contributed by atoms with Crippen molar-refractivity contribution in [3.63, 3.8) is 0 Å². The van der Waals surface area contributed by atoms with Crippen LogP contribution in [-0.2, 0) is 0 Å². The monoisotopic (exact) mass is 277 g/mol. The maximum Gasteiger partial charge on any atom is 0.129 e. The van der Waals surface area contributed by atoms with Gasteiger partial charge in [0, 0.05) is 11.8 Å². The largest absolute Gasteiger partial charge is 0.491 e. The van der Waals surface area contributed by atoms with Gasteiger partial charge in [0.2, 0.25) is 0 Å². The van der Waals surface area contributed by atoms with E-state index in [9.17, 15) is 5.11 Å². The van der Waals surface area contributed by atoms with Crippen molar-refractivity contribution >= 4 is 11.6 Å². The van der Waals surface area contributed by atoms with Gasteiger partial charge in [0.25, 0.3) is 0 Å². The zero-order valence-electron chi connectivity index (χ0n) is 10.9. The lowest BCUT2D eigenvalue weighted by Gasteiger charge is -2.13. The second-order valence-electron chi connectivity index (χ2n) is 4.55. The fourth-order valence-corrected chi connectivity index (χ4v) is 1.85. The number of halogens is 1. The fourth-order valence-electron chi connectivity index (χ4n) is 1.74. The Hall–Kier alpha value is -1.58. The molecule has 3 nitrogen and oxygen atoms in total. The summed E-state index contributed by atoms with van der Waals surface area (Å²) in [5.41, 5.74) is 1.50. The number of benzene rings is 1. The number of hydrogen-bond acceptors (Lipinski definition) is 3. The van der Waals surface area contributed by atoms with E-state index in [2.05, 4.69) is 4.98 Å². The van der Waals surface area contributed by atoms with E-state index in [4.69, 9.17) is 16.3 Å². The molecule has 1 atom stereocenters. The van der Waals surface area contributed by atoms with Crippen molar-refractivity contribution in [2.75, 3.05) is 0 Å². The Balaban J connectivity index is 2.15. The number of ether oxygens (including phenoxy) is 1. The van der Waals surface area contributed by atoms with Crippen LogP contribution in [0.15, 0.2) is 42.6 Å². The van der Waals surface area contributed by atoms with E-state index >= 15 is 0 Å². The van der Waals surface area contributed by atoms with Gasteiger partial charge >= 0.3 is 0 Å². The third-order valence-corrected chi connectivity index (χ3v) is 2.86. The van der Waals surface area contributed by atoms with Crippen molar-refractivity contribution in [3.05, 3.63) is 58.9 Å². The zero-order chi connectivity index (χ0) is 13.8. The van der Waals surface area contributed by atoms with Crippen molar-refractivity contribution in [2.24, 2.45) is 0 Å². The van der Waals surface area contributed by atoms with Crippen LogP contribution in [0.3, 0.4) is 0 Å². The minimum atomic E-state index is -0.710. The molecule has 4 heteroatoms. The zero-order valence-corrected chi connectivity index (χ0v) is 11.6. The summed E-state index contributed by atoms with van der Waals surface area (Å²) < 4.78 is 5.56. The predicted molar refractivity (Wildman–Crippen MR) is 75.5 cm³/mol. The molecule has 100 valence electrons. The molecular weight excluding hydrogens is 262 g/mol. The van der Waals surface area contributed by atoms with Crippen molar-refractivity contribution in [2.45, 2.75) is 26.1 Å². The molecule has 0 saturated heterocycles. The number of hydrogen-bond donors (Lipinski definition) is 1. The summed E-state index contributed by atoms with van der Waals surface area (Å²) in [6, 6.07) is 10.8. The van der Waals surface area contributed by atoms with Crippen molar-refractivity contribution in [1.29, 1.82) is 0 Å². The Morgan fingerprint density at radius 1 is 1.05 bits per heavy atom. The van der Waals surface area contributed by atoms with Gasteiger partial charge in [0.05, 0.1) is 6.10 Å². The maximum absolute atomic E-state index is 10.2. The van der Waals surface area contributed by atoms with Crippen molar-refractivity contribution < 1.29 is 9.84 Å². The van der Waals surface area contributed by atoms with Crippen LogP contribution in [0.5, 0.6) is 5.75 Å². The van der Waals surface area contributed by atoms with Crippen LogP contribution in [0.25, 0.3) is 0 Å². The molecule has 0 fully saturated rings. The molecule has 0 amide bonds. The molecule has 0 bridgehead atoms. The van der Waals surface area contributed by atoms with E-state index < -0.39 is 6.10 Å². The van der Waals surface area contributed by atoms with Crippen LogP contribution in [0.2, 0.25) is 5.15 Å². The summed E-state index contributed by atoms with van der Waals surface area (Å²) >= 11 is 5.72. The van der Waals surface area contributed by atoms with Gasteiger partial charge in [0.15, 0.2) is 0 Å². The van der Waals surface area contributed by atoms with E-state index in [0.717, 1.165) is 11.3 Å². The van der Waals surface area contributed by atoms with Gasteiger partial charge in [-0.3, -0.25) is 0 Å². The van der Waals surface area contributed by atoms with E-state index in [0.29, 0.717) is 10.7 Å². The van der Waals surface area contributed by atoms with Gasteiger partial charge in [-0.15, -0.1) is 0 Å². The lowest BCUT2D eigenvalue weighted by molar-refractivity contribution is 0.219. The topological polar surface area (TPSA) is 42.4 Å². The van der Waals surface area contributed by atoms with Gasteiger partial charge in [-0.05, 0) is 37.6 Å². The van der Waals surface area contributed by atoms with E-state index in [1.807, 2.05) is 38.1 Å². The molecule has 1 N–H and O–H groups in total. The van der Waals surface area contributed by atoms with Gasteiger partial charge in [-0.1, -0.05) is 29.8 Å². The Morgan fingerprint density at radius 2 is 1.68 bits per heavy atom. The SMILES string of the molecule is CC(C)Oc1ccc(C(O)c2ccc(Cl)nc2)cc1. The molecule has 1 unspecified atom stereocenters. The summed E-state index contributed by atoms with van der Waals surface area (Å²) in [4.78, 5) is 3.96. The summed E-state index contributed by atoms with van der Waals surface area (Å²) in [5.74, 6) is 0.792. The lowest BCUT2D eigenvalue weighted by Crippen LogP contribution is -2.06. The summed E-state index contributed by atoms with van der Waals surface area (Å²) in [7, 11) is 0. The quantitative estimate of drug-likeness (QED) is 0.868. The summed E-state index contributed by atoms with van der Waals surface area (Å²) in [6.07, 6.45) is 1.00. The minimum absolute atomic E-state index is 0.135. The minimum Gasteiger partial charge on any atom is -0.491 e. The Labute approximate surface area is 117 Å². The van der Waals surface area contributed by atoms with Crippen LogP contribution in [0.4, 0.5) is 0 Å². The number of nitrogens with zero attached hydrogens (tertiary/aromatic N) is 1. The summed E-state index contributed by atoms with van der Waals surface area (Å²) in [5, 5.41) is 10.6. The molecule has 2 rings (SSSR count). The van der Waals surface area contributed by atoms with E-state index in [1.54, 1.807) is 18.3 Å². The highest BCUT2D eigenvalue weighted by Crippen LogP contribution is 2.24. The number of pyridine rings is 1. The Bertz CT molecular complexity index is 523. The second-order valence-corrected chi connectivity index (χ2v) is 4.94. The Kier molecular flexibility index (Phi) is 4.40. The first-order valence-corrected chi connectivity index (χ1v) is 6.50. The average Bonchev–Trinajstić information content (AvgIpc) is 2.39. The number of aromatic nitrogens is 1. The molecule has 2 aromatic rings. The van der Waals surface area contributed by atoms with Gasteiger partial charge in [0.1, 0.15) is 17.0 Å². The smallest absolute Gasteiger partial charge is 0.129 e. The second kappa shape index (κ2) is 6.04. The maximum atomic E-state index is 10.2. The van der Waals surface area contributed by atoms with Crippen LogP contribution >= 0.6 is 11.6 Å². The van der Waals surface area contributed by atoms with Crippen LogP contribution in [0.1, 0.15) is 31.1 Å². The molecular formula is C15H16ClNO2. The molecule has 0 aliphatic heterocycles. The number of aliphatic hydroxyl groups is 1. The first kappa shape index (κ1) is 13.8. The van der Waals surface area contributed by atoms with Gasteiger partial charge < -0.3 is 9.84 Å². The first-order chi connectivity index (χ1) is 9.06. The van der Waals surface area contributed by atoms with Crippen molar-refractivity contribution in [3.8, 4) is 5.75 Å². The number of aliphatic hydroxyl groups excluding tert-OH is 1. The summed E-state index contributed by atoms with van der Waals surface area (Å²) in [6.45, 7) is 3.95. The Morgan fingerprint density at radius 3 is 2.21 bits per heavy atom. The van der Waals surface area contributed by atoms with Crippen LogP contribution < -0.4 is 4.74 Å².